The minimum absolute atomic E-state index is 0.0547. The van der Waals surface area contributed by atoms with Gasteiger partial charge in [-0.2, -0.15) is 0 Å². The molecule has 0 aromatic carbocycles. The van der Waals surface area contributed by atoms with Crippen LogP contribution in [-0.4, -0.2) is 59.0 Å². The zero-order chi connectivity index (χ0) is 14.4. The number of primary amides is 1. The third-order valence-electron chi connectivity index (χ3n) is 3.05. The second-order valence-electron chi connectivity index (χ2n) is 4.40. The monoisotopic (exact) mass is 267 g/mol. The van der Waals surface area contributed by atoms with Gasteiger partial charge in [0.2, 0.25) is 5.91 Å². The number of nitrogens with zero attached hydrogens (tertiary/aromatic N) is 2. The number of urea groups is 1. The highest BCUT2D eigenvalue weighted by Gasteiger charge is 2.28. The van der Waals surface area contributed by atoms with Crippen LogP contribution in [0.1, 0.15) is 12.8 Å². The Balaban J connectivity index is 2.59. The Morgan fingerprint density at radius 3 is 2.37 bits per heavy atom. The van der Waals surface area contributed by atoms with E-state index in [1.54, 1.807) is 0 Å². The highest BCUT2D eigenvalue weighted by atomic mass is 16.4. The molecule has 0 aliphatic carbocycles. The van der Waals surface area contributed by atoms with Crippen molar-refractivity contribution in [3.8, 4) is 12.3 Å². The van der Waals surface area contributed by atoms with E-state index >= 15 is 0 Å². The molecule has 0 aromatic heterocycles. The van der Waals surface area contributed by atoms with Crippen LogP contribution in [0, 0.1) is 18.3 Å². The summed E-state index contributed by atoms with van der Waals surface area (Å²) in [7, 11) is 0. The molecular weight excluding hydrogens is 250 g/mol. The summed E-state index contributed by atoms with van der Waals surface area (Å²) in [5.74, 6) is 0.565. The first-order chi connectivity index (χ1) is 8.95. The van der Waals surface area contributed by atoms with E-state index in [-0.39, 0.29) is 18.4 Å². The van der Waals surface area contributed by atoms with Crippen molar-refractivity contribution in [3.05, 3.63) is 0 Å². The number of aliphatic carboxylic acids is 1. The van der Waals surface area contributed by atoms with Crippen molar-refractivity contribution in [2.75, 3.05) is 26.2 Å². The molecule has 3 amide bonds. The fourth-order valence-corrected chi connectivity index (χ4v) is 2.02. The molecule has 3 N–H and O–H groups in total. The molecule has 0 atom stereocenters. The van der Waals surface area contributed by atoms with E-state index in [4.69, 9.17) is 17.3 Å². The molecule has 1 aliphatic rings. The molecular formula is C12H17N3O4. The van der Waals surface area contributed by atoms with E-state index < -0.39 is 18.5 Å². The van der Waals surface area contributed by atoms with Crippen LogP contribution in [-0.2, 0) is 9.59 Å². The van der Waals surface area contributed by atoms with Gasteiger partial charge in [0.25, 0.3) is 0 Å². The second-order valence-corrected chi connectivity index (χ2v) is 4.40. The zero-order valence-corrected chi connectivity index (χ0v) is 10.5. The van der Waals surface area contributed by atoms with Crippen LogP contribution in [0.4, 0.5) is 4.79 Å². The van der Waals surface area contributed by atoms with Gasteiger partial charge in [0, 0.05) is 19.0 Å². The number of nitrogens with two attached hydrogens (primary N) is 1. The Bertz CT molecular complexity index is 408. The first-order valence-electron chi connectivity index (χ1n) is 5.94. The summed E-state index contributed by atoms with van der Waals surface area (Å²) in [4.78, 5) is 36.4. The van der Waals surface area contributed by atoms with Gasteiger partial charge < -0.3 is 20.6 Å². The number of likely N-dealkylation sites (tertiary alicyclic amines) is 1. The van der Waals surface area contributed by atoms with Gasteiger partial charge in [0.15, 0.2) is 0 Å². The number of terminal acetylenes is 1. The van der Waals surface area contributed by atoms with Gasteiger partial charge in [0.05, 0.1) is 6.54 Å². The van der Waals surface area contributed by atoms with E-state index in [2.05, 4.69) is 5.92 Å². The quantitative estimate of drug-likeness (QED) is 0.659. The van der Waals surface area contributed by atoms with Crippen LogP contribution in [0.25, 0.3) is 0 Å². The minimum Gasteiger partial charge on any atom is -0.480 e. The predicted octanol–water partition coefficient (Wildman–Crippen LogP) is -0.676. The van der Waals surface area contributed by atoms with Gasteiger partial charge in [-0.3, -0.25) is 9.59 Å². The van der Waals surface area contributed by atoms with Crippen molar-refractivity contribution in [3.63, 3.8) is 0 Å². The Labute approximate surface area is 111 Å². The molecule has 0 unspecified atom stereocenters. The normalized spacial score (nSPS) is 15.6. The standard InChI is InChI=1S/C12H17N3O4/c1-2-5-15(8-10(16)17)12(19)14-6-3-9(4-7-14)11(13)18/h1,9H,3-8H2,(H2,13,18)(H,16,17). The van der Waals surface area contributed by atoms with Gasteiger partial charge in [0.1, 0.15) is 6.54 Å². The SMILES string of the molecule is C#CCN(CC(=O)O)C(=O)N1CCC(C(N)=O)CC1. The van der Waals surface area contributed by atoms with Crippen molar-refractivity contribution in [2.45, 2.75) is 12.8 Å². The van der Waals surface area contributed by atoms with Crippen molar-refractivity contribution < 1.29 is 19.5 Å². The lowest BCUT2D eigenvalue weighted by atomic mass is 9.96. The fourth-order valence-electron chi connectivity index (χ4n) is 2.02. The average Bonchev–Trinajstić information content (AvgIpc) is 2.37. The van der Waals surface area contributed by atoms with Gasteiger partial charge in [-0.05, 0) is 12.8 Å². The second kappa shape index (κ2) is 6.64. The molecule has 0 aromatic rings. The maximum atomic E-state index is 12.1. The van der Waals surface area contributed by atoms with Crippen LogP contribution in [0.15, 0.2) is 0 Å². The molecule has 7 nitrogen and oxygen atoms in total. The number of piperidine rings is 1. The highest BCUT2D eigenvalue weighted by Crippen LogP contribution is 2.17. The zero-order valence-electron chi connectivity index (χ0n) is 10.5. The Morgan fingerprint density at radius 1 is 1.37 bits per heavy atom. The van der Waals surface area contributed by atoms with E-state index in [1.807, 2.05) is 0 Å². The van der Waals surface area contributed by atoms with E-state index in [9.17, 15) is 14.4 Å². The van der Waals surface area contributed by atoms with Crippen LogP contribution in [0.3, 0.4) is 0 Å². The summed E-state index contributed by atoms with van der Waals surface area (Å²) in [5.41, 5.74) is 5.21. The Morgan fingerprint density at radius 2 is 1.95 bits per heavy atom. The van der Waals surface area contributed by atoms with Crippen LogP contribution in [0.2, 0.25) is 0 Å². The van der Waals surface area contributed by atoms with E-state index in [1.165, 1.54) is 4.90 Å². The number of carboxylic acid groups (broad SMARTS) is 1. The first kappa shape index (κ1) is 14.8. The molecule has 1 aliphatic heterocycles. The summed E-state index contributed by atoms with van der Waals surface area (Å²) in [6, 6.07) is -0.414. The van der Waals surface area contributed by atoms with Crippen molar-refractivity contribution in [1.29, 1.82) is 0 Å². The smallest absolute Gasteiger partial charge is 0.323 e. The first-order valence-corrected chi connectivity index (χ1v) is 5.94. The lowest BCUT2D eigenvalue weighted by Gasteiger charge is -2.33. The number of carboxylic acids is 1. The summed E-state index contributed by atoms with van der Waals surface area (Å²) >= 11 is 0. The van der Waals surface area contributed by atoms with Crippen molar-refractivity contribution >= 4 is 17.9 Å². The Kier molecular flexibility index (Phi) is 5.18. The van der Waals surface area contributed by atoms with Crippen LogP contribution < -0.4 is 5.73 Å². The highest BCUT2D eigenvalue weighted by molar-refractivity contribution is 5.81. The van der Waals surface area contributed by atoms with Gasteiger partial charge >= 0.3 is 12.0 Å². The molecule has 1 heterocycles. The summed E-state index contributed by atoms with van der Waals surface area (Å²) in [6.07, 6.45) is 6.11. The predicted molar refractivity (Wildman–Crippen MR) is 66.9 cm³/mol. The maximum absolute atomic E-state index is 12.1. The lowest BCUT2D eigenvalue weighted by Crippen LogP contribution is -2.49. The van der Waals surface area contributed by atoms with E-state index in [0.717, 1.165) is 4.90 Å². The molecule has 0 bridgehead atoms. The topological polar surface area (TPSA) is 104 Å². The summed E-state index contributed by atoms with van der Waals surface area (Å²) in [5, 5.41) is 8.73. The van der Waals surface area contributed by atoms with E-state index in [0.29, 0.717) is 25.9 Å². The summed E-state index contributed by atoms with van der Waals surface area (Å²) in [6.45, 7) is 0.278. The molecule has 104 valence electrons. The number of rotatable bonds is 4. The fraction of sp³-hybridized carbons (Fsp3) is 0.583. The molecule has 0 radical (unpaired) electrons. The molecule has 19 heavy (non-hydrogen) atoms. The maximum Gasteiger partial charge on any atom is 0.323 e. The lowest BCUT2D eigenvalue weighted by molar-refractivity contribution is -0.137. The number of hydrogen-bond donors (Lipinski definition) is 2. The molecule has 0 spiro atoms. The minimum atomic E-state index is -1.12. The number of amides is 3. The number of carbonyl (C=O) groups excluding carboxylic acids is 2. The largest absolute Gasteiger partial charge is 0.480 e. The van der Waals surface area contributed by atoms with Gasteiger partial charge in [-0.15, -0.1) is 6.42 Å². The number of hydrogen-bond acceptors (Lipinski definition) is 3. The van der Waals surface area contributed by atoms with Gasteiger partial charge in [-0.1, -0.05) is 5.92 Å². The van der Waals surface area contributed by atoms with Crippen molar-refractivity contribution in [2.24, 2.45) is 11.7 Å². The van der Waals surface area contributed by atoms with Crippen molar-refractivity contribution in [1.82, 2.24) is 9.80 Å². The molecule has 1 fully saturated rings. The molecule has 1 saturated heterocycles. The summed E-state index contributed by atoms with van der Waals surface area (Å²) < 4.78 is 0. The third-order valence-corrected chi connectivity index (χ3v) is 3.05. The van der Waals surface area contributed by atoms with Crippen LogP contribution >= 0.6 is 0 Å². The molecule has 0 saturated carbocycles. The molecule has 1 rings (SSSR count). The van der Waals surface area contributed by atoms with Crippen LogP contribution in [0.5, 0.6) is 0 Å². The average molecular weight is 267 g/mol. The Hall–Kier alpha value is -2.23. The molecule has 7 heteroatoms. The number of carbonyl (C=O) groups is 3. The van der Waals surface area contributed by atoms with Gasteiger partial charge in [-0.25, -0.2) is 4.79 Å². The third kappa shape index (κ3) is 4.17.